The molecule has 0 heterocycles. The first-order valence-electron chi connectivity index (χ1n) is 4.65. The van der Waals surface area contributed by atoms with Crippen molar-refractivity contribution >= 4 is 0 Å². The lowest BCUT2D eigenvalue weighted by atomic mass is 9.88. The molecule has 0 saturated heterocycles. The molecule has 0 aromatic heterocycles. The van der Waals surface area contributed by atoms with E-state index in [0.29, 0.717) is 0 Å². The van der Waals surface area contributed by atoms with Gasteiger partial charge in [0.25, 0.3) is 0 Å². The van der Waals surface area contributed by atoms with Gasteiger partial charge in [-0.05, 0) is 5.89 Å². The second-order valence-corrected chi connectivity index (χ2v) is 2.51. The van der Waals surface area contributed by atoms with Crippen LogP contribution < -0.4 is 0 Å². The van der Waals surface area contributed by atoms with Crippen LogP contribution in [0, 0.1) is 5.89 Å². The standard InChI is InChI=1S/C8H16/c1-2-8-6-4-3-5-7-8/h8H,2-7H2,1H3/i2D,8D. The van der Waals surface area contributed by atoms with E-state index in [-0.39, 0.29) is 6.40 Å². The second kappa shape index (κ2) is 3.11. The van der Waals surface area contributed by atoms with Gasteiger partial charge in [0.05, 0.1) is 0 Å². The Balaban J connectivity index is 2.48. The maximum absolute atomic E-state index is 7.89. The molecule has 0 spiro atoms. The van der Waals surface area contributed by atoms with Crippen molar-refractivity contribution in [2.45, 2.75) is 45.4 Å². The number of hydrogen-bond acceptors (Lipinski definition) is 0. The third-order valence-corrected chi connectivity index (χ3v) is 1.90. The van der Waals surface area contributed by atoms with Gasteiger partial charge in [-0.1, -0.05) is 45.4 Å². The third-order valence-electron chi connectivity index (χ3n) is 1.90. The first-order chi connectivity index (χ1) is 4.65. The van der Waals surface area contributed by atoms with Crippen LogP contribution in [0.4, 0.5) is 0 Å². The Morgan fingerprint density at radius 3 is 2.50 bits per heavy atom. The van der Waals surface area contributed by atoms with Crippen molar-refractivity contribution in [1.29, 1.82) is 0 Å². The second-order valence-electron chi connectivity index (χ2n) is 2.51. The zero-order valence-electron chi connectivity index (χ0n) is 7.61. The molecule has 0 amide bonds. The summed E-state index contributed by atoms with van der Waals surface area (Å²) in [5.41, 5.74) is 0. The lowest BCUT2D eigenvalue weighted by molar-refractivity contribution is 0.349. The Kier molecular flexibility index (Phi) is 1.52. The summed E-state index contributed by atoms with van der Waals surface area (Å²) in [6.07, 6.45) is 5.27. The van der Waals surface area contributed by atoms with Crippen LogP contribution in [0.2, 0.25) is 0 Å². The van der Waals surface area contributed by atoms with E-state index in [2.05, 4.69) is 0 Å². The minimum absolute atomic E-state index is 0.201. The molecule has 8 heavy (non-hydrogen) atoms. The molecule has 1 saturated carbocycles. The summed E-state index contributed by atoms with van der Waals surface area (Å²) in [7, 11) is 0. The van der Waals surface area contributed by atoms with E-state index in [1.807, 2.05) is 6.92 Å². The summed E-state index contributed by atoms with van der Waals surface area (Å²) in [5, 5.41) is 0. The van der Waals surface area contributed by atoms with Crippen molar-refractivity contribution in [2.75, 3.05) is 0 Å². The Morgan fingerprint density at radius 2 is 2.12 bits per heavy atom. The largest absolute Gasteiger partial charge is 0.0651 e. The van der Waals surface area contributed by atoms with E-state index in [9.17, 15) is 0 Å². The van der Waals surface area contributed by atoms with Crippen molar-refractivity contribution < 1.29 is 2.74 Å². The highest BCUT2D eigenvalue weighted by atomic mass is 14.2. The molecule has 1 aliphatic rings. The quantitative estimate of drug-likeness (QED) is 0.491. The molecule has 1 fully saturated rings. The average Bonchev–Trinajstić information content (AvgIpc) is 1.89. The molecule has 1 unspecified atom stereocenters. The van der Waals surface area contributed by atoms with Gasteiger partial charge >= 0.3 is 0 Å². The van der Waals surface area contributed by atoms with E-state index in [4.69, 9.17) is 2.74 Å². The molecule has 0 radical (unpaired) electrons. The number of hydrogen-bond donors (Lipinski definition) is 0. The van der Waals surface area contributed by atoms with E-state index in [0.717, 1.165) is 25.7 Å². The zero-order valence-corrected chi connectivity index (χ0v) is 5.61. The Hall–Kier alpha value is 0. The third kappa shape index (κ3) is 1.50. The smallest absolute Gasteiger partial charge is 0.0303 e. The van der Waals surface area contributed by atoms with Gasteiger partial charge in [0.2, 0.25) is 0 Å². The van der Waals surface area contributed by atoms with Crippen LogP contribution in [0.3, 0.4) is 0 Å². The predicted molar refractivity (Wildman–Crippen MR) is 36.9 cm³/mol. The summed E-state index contributed by atoms with van der Waals surface area (Å²) in [4.78, 5) is 0. The molecule has 0 nitrogen and oxygen atoms in total. The van der Waals surface area contributed by atoms with Gasteiger partial charge < -0.3 is 0 Å². The monoisotopic (exact) mass is 114 g/mol. The molecule has 0 aromatic rings. The summed E-state index contributed by atoms with van der Waals surface area (Å²) in [6, 6.07) is 0. The van der Waals surface area contributed by atoms with Crippen LogP contribution in [0.25, 0.3) is 0 Å². The van der Waals surface area contributed by atoms with Crippen LogP contribution in [-0.2, 0) is 0 Å². The maximum Gasteiger partial charge on any atom is 0.0303 e. The van der Waals surface area contributed by atoms with Gasteiger partial charge in [0.1, 0.15) is 0 Å². The molecule has 1 atom stereocenters. The zero-order chi connectivity index (χ0) is 7.61. The highest BCUT2D eigenvalue weighted by Gasteiger charge is 2.09. The first-order valence-corrected chi connectivity index (χ1v) is 3.57. The minimum atomic E-state index is -0.405. The number of rotatable bonds is 1. The minimum Gasteiger partial charge on any atom is -0.0651 e. The molecule has 48 valence electrons. The summed E-state index contributed by atoms with van der Waals surface area (Å²) in [5.74, 6) is -0.405. The first kappa shape index (κ1) is 3.92. The highest BCUT2D eigenvalue weighted by molar-refractivity contribution is 4.63. The van der Waals surface area contributed by atoms with Crippen LogP contribution >= 0.6 is 0 Å². The summed E-state index contributed by atoms with van der Waals surface area (Å²) < 4.78 is 15.4. The summed E-state index contributed by atoms with van der Waals surface area (Å²) in [6.45, 7) is 1.85. The van der Waals surface area contributed by atoms with Crippen LogP contribution in [0.1, 0.15) is 48.2 Å². The maximum atomic E-state index is 7.89. The van der Waals surface area contributed by atoms with Gasteiger partial charge in [-0.25, -0.2) is 0 Å². The predicted octanol–water partition coefficient (Wildman–Crippen LogP) is 2.98. The Morgan fingerprint density at radius 1 is 1.50 bits per heavy atom. The van der Waals surface area contributed by atoms with Crippen molar-refractivity contribution in [3.8, 4) is 0 Å². The molecule has 1 rings (SSSR count). The van der Waals surface area contributed by atoms with Gasteiger partial charge in [-0.2, -0.15) is 0 Å². The molecular weight excluding hydrogens is 96.1 g/mol. The van der Waals surface area contributed by atoms with Crippen LogP contribution in [0.5, 0.6) is 0 Å². The normalized spacial score (nSPS) is 35.1. The molecule has 0 bridgehead atoms. The molecule has 0 aliphatic heterocycles. The van der Waals surface area contributed by atoms with Crippen LogP contribution in [0.15, 0.2) is 0 Å². The fourth-order valence-corrected chi connectivity index (χ4v) is 1.29. The van der Waals surface area contributed by atoms with E-state index in [1.54, 1.807) is 0 Å². The fourth-order valence-electron chi connectivity index (χ4n) is 1.29. The molecule has 0 aromatic carbocycles. The van der Waals surface area contributed by atoms with E-state index >= 15 is 0 Å². The Labute approximate surface area is 55.1 Å². The van der Waals surface area contributed by atoms with Gasteiger partial charge in [-0.15, -0.1) is 0 Å². The summed E-state index contributed by atoms with van der Waals surface area (Å²) >= 11 is 0. The van der Waals surface area contributed by atoms with Crippen molar-refractivity contribution in [2.24, 2.45) is 5.89 Å². The molecular formula is C8H16. The van der Waals surface area contributed by atoms with Crippen LogP contribution in [-0.4, -0.2) is 0 Å². The van der Waals surface area contributed by atoms with Crippen molar-refractivity contribution in [1.82, 2.24) is 0 Å². The van der Waals surface area contributed by atoms with Crippen molar-refractivity contribution in [3.05, 3.63) is 0 Å². The van der Waals surface area contributed by atoms with Crippen molar-refractivity contribution in [3.63, 3.8) is 0 Å². The van der Waals surface area contributed by atoms with E-state index in [1.165, 1.54) is 6.42 Å². The average molecular weight is 114 g/mol. The fraction of sp³-hybridized carbons (Fsp3) is 1.00. The van der Waals surface area contributed by atoms with Gasteiger partial charge in [0.15, 0.2) is 0 Å². The topological polar surface area (TPSA) is 0 Å². The lowest BCUT2D eigenvalue weighted by Crippen LogP contribution is -2.03. The molecule has 1 aliphatic carbocycles. The van der Waals surface area contributed by atoms with Gasteiger partial charge in [-0.3, -0.25) is 0 Å². The lowest BCUT2D eigenvalue weighted by Gasteiger charge is -2.18. The van der Waals surface area contributed by atoms with Gasteiger partial charge in [0, 0.05) is 2.74 Å². The Bertz CT molecular complexity index is 104. The molecule has 0 N–H and O–H groups in total. The highest BCUT2D eigenvalue weighted by Crippen LogP contribution is 2.25. The molecule has 0 heteroatoms. The van der Waals surface area contributed by atoms with E-state index < -0.39 is 5.89 Å². The SMILES string of the molecule is [2H]C(C)C1([2H])CCCCC1.